The molecule has 156 valence electrons. The molecule has 0 spiro atoms. The van der Waals surface area contributed by atoms with Gasteiger partial charge in [0.05, 0.1) is 21.0 Å². The van der Waals surface area contributed by atoms with Crippen molar-refractivity contribution in [3.63, 3.8) is 0 Å². The van der Waals surface area contributed by atoms with Crippen molar-refractivity contribution in [2.75, 3.05) is 11.9 Å². The Morgan fingerprint density at radius 1 is 1.17 bits per heavy atom. The maximum Gasteiger partial charge on any atom is 0.358 e. The van der Waals surface area contributed by atoms with Crippen molar-refractivity contribution in [1.29, 1.82) is 0 Å². The summed E-state index contributed by atoms with van der Waals surface area (Å²) in [5.41, 5.74) is 1.51. The van der Waals surface area contributed by atoms with E-state index >= 15 is 0 Å². The average Bonchev–Trinajstić information content (AvgIpc) is 3.38. The van der Waals surface area contributed by atoms with E-state index in [9.17, 15) is 14.4 Å². The molecule has 10 heteroatoms. The highest BCUT2D eigenvalue weighted by atomic mass is 79.9. The smallest absolute Gasteiger partial charge is 0.358 e. The number of nitrogens with zero attached hydrogens (tertiary/aromatic N) is 2. The van der Waals surface area contributed by atoms with Crippen LogP contribution in [0.1, 0.15) is 34.0 Å². The van der Waals surface area contributed by atoms with E-state index in [2.05, 4.69) is 31.7 Å². The number of hydrogen-bond donors (Lipinski definition) is 2. The van der Waals surface area contributed by atoms with Gasteiger partial charge in [-0.25, -0.2) is 9.48 Å². The number of thiophene rings is 1. The fraction of sp³-hybridized carbons (Fsp3) is 0.200. The van der Waals surface area contributed by atoms with E-state index in [0.717, 1.165) is 3.79 Å². The van der Waals surface area contributed by atoms with Gasteiger partial charge in [-0.3, -0.25) is 9.59 Å². The Labute approximate surface area is 185 Å². The largest absolute Gasteiger partial charge is 0.461 e. The third-order valence-corrected chi connectivity index (χ3v) is 5.63. The summed E-state index contributed by atoms with van der Waals surface area (Å²) >= 11 is 4.60. The Morgan fingerprint density at radius 3 is 2.53 bits per heavy atom. The molecule has 0 bridgehead atoms. The second kappa shape index (κ2) is 9.68. The highest BCUT2D eigenvalue weighted by Crippen LogP contribution is 2.22. The van der Waals surface area contributed by atoms with Crippen LogP contribution < -0.4 is 10.6 Å². The number of hydrogen-bond acceptors (Lipinski definition) is 6. The molecule has 1 aromatic carbocycles. The number of benzene rings is 1. The summed E-state index contributed by atoms with van der Waals surface area (Å²) in [5.74, 6) is -1.12. The van der Waals surface area contributed by atoms with Gasteiger partial charge in [0, 0.05) is 11.9 Å². The molecule has 8 nitrogen and oxygen atoms in total. The second-order valence-corrected chi connectivity index (χ2v) is 8.66. The lowest BCUT2D eigenvalue weighted by atomic mass is 10.2. The van der Waals surface area contributed by atoms with Crippen molar-refractivity contribution >= 4 is 50.7 Å². The lowest BCUT2D eigenvalue weighted by molar-refractivity contribution is -0.117. The molecular weight excluding hydrogens is 472 g/mol. The van der Waals surface area contributed by atoms with Gasteiger partial charge < -0.3 is 15.4 Å². The number of aromatic nitrogens is 2. The molecule has 0 fully saturated rings. The number of esters is 1. The fourth-order valence-electron chi connectivity index (χ4n) is 2.50. The normalized spacial score (nSPS) is 11.6. The SMILES string of the molecule is CCOC(=O)c1ccn(-c2ccc(NC(=O)C(C)NC(=O)c3ccc(Br)s3)cc2)n1. The van der Waals surface area contributed by atoms with Gasteiger partial charge in [0.1, 0.15) is 6.04 Å². The zero-order valence-electron chi connectivity index (χ0n) is 16.2. The van der Waals surface area contributed by atoms with Gasteiger partial charge in [-0.05, 0) is 72.2 Å². The summed E-state index contributed by atoms with van der Waals surface area (Å²) in [5, 5.41) is 9.62. The van der Waals surface area contributed by atoms with E-state index in [1.165, 1.54) is 11.3 Å². The highest BCUT2D eigenvalue weighted by molar-refractivity contribution is 9.11. The van der Waals surface area contributed by atoms with Crippen molar-refractivity contribution in [2.45, 2.75) is 19.9 Å². The summed E-state index contributed by atoms with van der Waals surface area (Å²) in [6.07, 6.45) is 1.65. The van der Waals surface area contributed by atoms with E-state index in [4.69, 9.17) is 4.74 Å². The molecule has 2 aromatic heterocycles. The molecule has 2 amide bonds. The minimum absolute atomic E-state index is 0.219. The third kappa shape index (κ3) is 5.33. The van der Waals surface area contributed by atoms with Gasteiger partial charge in [-0.1, -0.05) is 0 Å². The minimum atomic E-state index is -0.712. The van der Waals surface area contributed by atoms with Crippen molar-refractivity contribution in [1.82, 2.24) is 15.1 Å². The quantitative estimate of drug-likeness (QED) is 0.492. The molecule has 0 radical (unpaired) electrons. The molecule has 3 aromatic rings. The van der Waals surface area contributed by atoms with Crippen LogP contribution in [-0.4, -0.2) is 40.2 Å². The summed E-state index contributed by atoms with van der Waals surface area (Å²) in [7, 11) is 0. The Bertz CT molecular complexity index is 1060. The van der Waals surface area contributed by atoms with Gasteiger partial charge in [0.2, 0.25) is 5.91 Å². The van der Waals surface area contributed by atoms with Gasteiger partial charge in [0.15, 0.2) is 5.69 Å². The van der Waals surface area contributed by atoms with Crippen molar-refractivity contribution < 1.29 is 19.1 Å². The average molecular weight is 491 g/mol. The predicted octanol–water partition coefficient (Wildman–Crippen LogP) is 3.63. The van der Waals surface area contributed by atoms with Gasteiger partial charge >= 0.3 is 5.97 Å². The number of amides is 2. The molecule has 1 atom stereocenters. The first-order valence-corrected chi connectivity index (χ1v) is 10.7. The standard InChI is InChI=1S/C20H19BrN4O4S/c1-3-29-20(28)15-10-11-25(24-15)14-6-4-13(5-7-14)23-18(26)12(2)22-19(27)16-8-9-17(21)30-16/h4-12H,3H2,1-2H3,(H,22,27)(H,23,26). The molecule has 0 saturated carbocycles. The number of carbonyl (C=O) groups is 3. The maximum atomic E-state index is 12.4. The number of carbonyl (C=O) groups excluding carboxylic acids is 3. The van der Waals surface area contributed by atoms with Crippen LogP contribution in [0, 0.1) is 0 Å². The number of halogens is 1. The molecule has 0 aliphatic carbocycles. The number of nitrogens with one attached hydrogen (secondary N) is 2. The Hall–Kier alpha value is -2.98. The first-order chi connectivity index (χ1) is 14.4. The zero-order valence-corrected chi connectivity index (χ0v) is 18.6. The monoisotopic (exact) mass is 490 g/mol. The van der Waals surface area contributed by atoms with Crippen LogP contribution in [0.25, 0.3) is 5.69 Å². The molecule has 2 heterocycles. The van der Waals surface area contributed by atoms with E-state index in [-0.39, 0.29) is 24.1 Å². The van der Waals surface area contributed by atoms with Crippen LogP contribution in [0.15, 0.2) is 52.4 Å². The molecule has 1 unspecified atom stereocenters. The number of anilines is 1. The zero-order chi connectivity index (χ0) is 21.7. The molecule has 0 saturated heterocycles. The topological polar surface area (TPSA) is 102 Å². The third-order valence-electron chi connectivity index (χ3n) is 4.01. The maximum absolute atomic E-state index is 12.4. The first kappa shape index (κ1) is 21.7. The van der Waals surface area contributed by atoms with Crippen LogP contribution in [0.3, 0.4) is 0 Å². The summed E-state index contributed by atoms with van der Waals surface area (Å²) < 4.78 is 7.31. The van der Waals surface area contributed by atoms with Crippen molar-refractivity contribution in [2.24, 2.45) is 0 Å². The fourth-order valence-corrected chi connectivity index (χ4v) is 3.79. The van der Waals surface area contributed by atoms with Crippen LogP contribution in [0.4, 0.5) is 5.69 Å². The van der Waals surface area contributed by atoms with Gasteiger partial charge in [-0.15, -0.1) is 11.3 Å². The molecular formula is C20H19BrN4O4S. The molecule has 0 aliphatic rings. The van der Waals surface area contributed by atoms with E-state index in [1.807, 2.05) is 0 Å². The molecule has 30 heavy (non-hydrogen) atoms. The van der Waals surface area contributed by atoms with Crippen LogP contribution in [0.2, 0.25) is 0 Å². The lowest BCUT2D eigenvalue weighted by Gasteiger charge is -2.14. The number of rotatable bonds is 7. The van der Waals surface area contributed by atoms with Crippen molar-refractivity contribution in [3.8, 4) is 5.69 Å². The minimum Gasteiger partial charge on any atom is -0.461 e. The van der Waals surface area contributed by atoms with Crippen molar-refractivity contribution in [3.05, 3.63) is 63.0 Å². The molecule has 3 rings (SSSR count). The van der Waals surface area contributed by atoms with E-state index in [1.54, 1.807) is 67.2 Å². The summed E-state index contributed by atoms with van der Waals surface area (Å²) in [4.78, 5) is 36.8. The Morgan fingerprint density at radius 2 is 1.90 bits per heavy atom. The molecule has 2 N–H and O–H groups in total. The van der Waals surface area contributed by atoms with E-state index < -0.39 is 12.0 Å². The second-order valence-electron chi connectivity index (χ2n) is 6.20. The lowest BCUT2D eigenvalue weighted by Crippen LogP contribution is -2.41. The van der Waals surface area contributed by atoms with Crippen LogP contribution in [-0.2, 0) is 9.53 Å². The summed E-state index contributed by atoms with van der Waals surface area (Å²) in [6.45, 7) is 3.63. The Kier molecular flexibility index (Phi) is 7.01. The van der Waals surface area contributed by atoms with Gasteiger partial charge in [-0.2, -0.15) is 5.10 Å². The van der Waals surface area contributed by atoms with E-state index in [0.29, 0.717) is 16.3 Å². The first-order valence-electron chi connectivity index (χ1n) is 9.07. The van der Waals surface area contributed by atoms with Gasteiger partial charge in [0.25, 0.3) is 5.91 Å². The molecule has 0 aliphatic heterocycles. The van der Waals surface area contributed by atoms with Crippen LogP contribution >= 0.6 is 27.3 Å². The summed E-state index contributed by atoms with van der Waals surface area (Å²) in [6, 6.07) is 11.3. The number of ether oxygens (including phenoxy) is 1. The predicted molar refractivity (Wildman–Crippen MR) is 117 cm³/mol. The Balaban J connectivity index is 1.59. The van der Waals surface area contributed by atoms with Crippen LogP contribution in [0.5, 0.6) is 0 Å². The highest BCUT2D eigenvalue weighted by Gasteiger charge is 2.18.